The van der Waals surface area contributed by atoms with Crippen molar-refractivity contribution in [3.8, 4) is 0 Å². The number of halogens is 1. The van der Waals surface area contributed by atoms with Crippen LogP contribution in [0.1, 0.15) is 35.2 Å². The van der Waals surface area contributed by atoms with Gasteiger partial charge in [-0.05, 0) is 37.9 Å². The summed E-state index contributed by atoms with van der Waals surface area (Å²) in [7, 11) is 0. The van der Waals surface area contributed by atoms with Crippen LogP contribution in [0.25, 0.3) is 0 Å². The van der Waals surface area contributed by atoms with Crippen LogP contribution in [-0.2, 0) is 0 Å². The number of hydrogen-bond donors (Lipinski definition) is 2. The van der Waals surface area contributed by atoms with Gasteiger partial charge in [0.2, 0.25) is 0 Å². The predicted octanol–water partition coefficient (Wildman–Crippen LogP) is 1.71. The number of piperidine rings is 1. The van der Waals surface area contributed by atoms with Gasteiger partial charge in [-0.15, -0.1) is 0 Å². The van der Waals surface area contributed by atoms with Crippen molar-refractivity contribution in [3.63, 3.8) is 0 Å². The second-order valence-corrected chi connectivity index (χ2v) is 5.56. The van der Waals surface area contributed by atoms with Crippen molar-refractivity contribution in [2.75, 3.05) is 26.2 Å². The molecule has 116 valence electrons. The first-order valence-corrected chi connectivity index (χ1v) is 7.51. The molecule has 21 heavy (non-hydrogen) atoms. The number of aryl methyl sites for hydroxylation is 1. The van der Waals surface area contributed by atoms with Crippen LogP contribution in [0, 0.1) is 12.7 Å². The van der Waals surface area contributed by atoms with Crippen molar-refractivity contribution in [1.29, 1.82) is 0 Å². The molecule has 0 aliphatic carbocycles. The molecule has 2 N–H and O–H groups in total. The van der Waals surface area contributed by atoms with E-state index < -0.39 is 5.82 Å². The minimum atomic E-state index is -0.487. The molecule has 1 amide bonds. The third-order valence-corrected chi connectivity index (χ3v) is 4.09. The van der Waals surface area contributed by atoms with Crippen molar-refractivity contribution >= 4 is 5.91 Å². The zero-order valence-corrected chi connectivity index (χ0v) is 12.4. The summed E-state index contributed by atoms with van der Waals surface area (Å²) in [4.78, 5) is 14.3. The molecule has 0 aromatic heterocycles. The SMILES string of the molecule is Cc1cccc(F)c1C(=O)NCCN1CCCCC1CO. The largest absolute Gasteiger partial charge is 0.395 e. The highest BCUT2D eigenvalue weighted by Crippen LogP contribution is 2.16. The Morgan fingerprint density at radius 3 is 3.00 bits per heavy atom. The van der Waals surface area contributed by atoms with Crippen LogP contribution < -0.4 is 5.32 Å². The number of nitrogens with one attached hydrogen (secondary N) is 1. The maximum absolute atomic E-state index is 13.7. The highest BCUT2D eigenvalue weighted by molar-refractivity contribution is 5.95. The average molecular weight is 294 g/mol. The van der Waals surface area contributed by atoms with Crippen LogP contribution in [0.2, 0.25) is 0 Å². The summed E-state index contributed by atoms with van der Waals surface area (Å²) in [5, 5.41) is 12.1. The molecule has 1 atom stereocenters. The molecule has 1 aliphatic heterocycles. The summed E-state index contributed by atoms with van der Waals surface area (Å²) >= 11 is 0. The first kappa shape index (κ1) is 15.9. The van der Waals surface area contributed by atoms with Crippen molar-refractivity contribution in [1.82, 2.24) is 10.2 Å². The number of nitrogens with zero attached hydrogens (tertiary/aromatic N) is 1. The van der Waals surface area contributed by atoms with Gasteiger partial charge in [-0.2, -0.15) is 0 Å². The number of benzene rings is 1. The number of aliphatic hydroxyl groups excluding tert-OH is 1. The lowest BCUT2D eigenvalue weighted by molar-refractivity contribution is 0.0847. The quantitative estimate of drug-likeness (QED) is 0.869. The summed E-state index contributed by atoms with van der Waals surface area (Å²) in [5.74, 6) is -0.859. The molecule has 5 heteroatoms. The zero-order valence-electron chi connectivity index (χ0n) is 12.4. The molecule has 0 bridgehead atoms. The van der Waals surface area contributed by atoms with E-state index in [0.717, 1.165) is 25.8 Å². The number of aliphatic hydroxyl groups is 1. The molecule has 0 saturated carbocycles. The Kier molecular flexibility index (Phi) is 5.70. The summed E-state index contributed by atoms with van der Waals surface area (Å²) < 4.78 is 13.7. The van der Waals surface area contributed by atoms with Crippen molar-refractivity contribution in [2.24, 2.45) is 0 Å². The maximum Gasteiger partial charge on any atom is 0.254 e. The minimum absolute atomic E-state index is 0.120. The van der Waals surface area contributed by atoms with Gasteiger partial charge in [-0.25, -0.2) is 4.39 Å². The zero-order chi connectivity index (χ0) is 15.2. The molecule has 1 saturated heterocycles. The van der Waals surface area contributed by atoms with Crippen LogP contribution in [0.15, 0.2) is 18.2 Å². The van der Waals surface area contributed by atoms with E-state index in [0.29, 0.717) is 18.7 Å². The second kappa shape index (κ2) is 7.52. The fourth-order valence-corrected chi connectivity index (χ4v) is 2.88. The number of carbonyl (C=O) groups is 1. The monoisotopic (exact) mass is 294 g/mol. The predicted molar refractivity (Wildman–Crippen MR) is 79.8 cm³/mol. The van der Waals surface area contributed by atoms with Crippen LogP contribution in [0.3, 0.4) is 0 Å². The Morgan fingerprint density at radius 2 is 2.29 bits per heavy atom. The molecular formula is C16H23FN2O2. The third-order valence-electron chi connectivity index (χ3n) is 4.09. The third kappa shape index (κ3) is 4.02. The van der Waals surface area contributed by atoms with Gasteiger partial charge in [0.1, 0.15) is 5.82 Å². The van der Waals surface area contributed by atoms with Crippen LogP contribution in [0.5, 0.6) is 0 Å². The first-order chi connectivity index (χ1) is 10.1. The van der Waals surface area contributed by atoms with Crippen LogP contribution >= 0.6 is 0 Å². The maximum atomic E-state index is 13.7. The Morgan fingerprint density at radius 1 is 1.48 bits per heavy atom. The number of likely N-dealkylation sites (tertiary alicyclic amines) is 1. The topological polar surface area (TPSA) is 52.6 Å². The summed E-state index contributed by atoms with van der Waals surface area (Å²) in [6.45, 7) is 3.97. The van der Waals surface area contributed by atoms with Gasteiger partial charge in [-0.1, -0.05) is 18.6 Å². The Balaban J connectivity index is 1.87. The molecule has 2 rings (SSSR count). The minimum Gasteiger partial charge on any atom is -0.395 e. The van der Waals surface area contributed by atoms with E-state index in [1.54, 1.807) is 19.1 Å². The number of carbonyl (C=O) groups excluding carboxylic acids is 1. The van der Waals surface area contributed by atoms with Gasteiger partial charge >= 0.3 is 0 Å². The van der Waals surface area contributed by atoms with Gasteiger partial charge in [0, 0.05) is 19.1 Å². The highest BCUT2D eigenvalue weighted by Gasteiger charge is 2.21. The smallest absolute Gasteiger partial charge is 0.254 e. The lowest BCUT2D eigenvalue weighted by Crippen LogP contribution is -2.45. The molecule has 1 aromatic carbocycles. The lowest BCUT2D eigenvalue weighted by atomic mass is 10.0. The van der Waals surface area contributed by atoms with E-state index in [4.69, 9.17) is 0 Å². The summed E-state index contributed by atoms with van der Waals surface area (Å²) in [5.41, 5.74) is 0.758. The van der Waals surface area contributed by atoms with Crippen molar-refractivity contribution < 1.29 is 14.3 Å². The second-order valence-electron chi connectivity index (χ2n) is 5.56. The fourth-order valence-electron chi connectivity index (χ4n) is 2.88. The number of hydrogen-bond acceptors (Lipinski definition) is 3. The van der Waals surface area contributed by atoms with E-state index in [2.05, 4.69) is 10.2 Å². The standard InChI is InChI=1S/C16H23FN2O2/c1-12-5-4-7-14(17)15(12)16(21)18-8-10-19-9-3-2-6-13(19)11-20/h4-5,7,13,20H,2-3,6,8-11H2,1H3,(H,18,21). The molecule has 1 aromatic rings. The molecule has 1 heterocycles. The van der Waals surface area contributed by atoms with Gasteiger partial charge < -0.3 is 10.4 Å². The van der Waals surface area contributed by atoms with E-state index in [9.17, 15) is 14.3 Å². The number of rotatable bonds is 5. The molecule has 1 fully saturated rings. The molecule has 0 spiro atoms. The molecule has 4 nitrogen and oxygen atoms in total. The van der Waals surface area contributed by atoms with Gasteiger partial charge in [0.25, 0.3) is 5.91 Å². The van der Waals surface area contributed by atoms with Gasteiger partial charge in [0.05, 0.1) is 12.2 Å². The first-order valence-electron chi connectivity index (χ1n) is 7.51. The normalized spacial score (nSPS) is 19.5. The molecule has 1 aliphatic rings. The van der Waals surface area contributed by atoms with E-state index in [1.165, 1.54) is 6.07 Å². The van der Waals surface area contributed by atoms with Crippen LogP contribution in [-0.4, -0.2) is 48.2 Å². The van der Waals surface area contributed by atoms with E-state index in [-0.39, 0.29) is 24.1 Å². The molecule has 0 radical (unpaired) electrons. The number of amides is 1. The molecule has 1 unspecified atom stereocenters. The average Bonchev–Trinajstić information content (AvgIpc) is 2.47. The van der Waals surface area contributed by atoms with Gasteiger partial charge in [0.15, 0.2) is 0 Å². The van der Waals surface area contributed by atoms with Gasteiger partial charge in [-0.3, -0.25) is 9.69 Å². The van der Waals surface area contributed by atoms with E-state index in [1.807, 2.05) is 0 Å². The Hall–Kier alpha value is -1.46. The van der Waals surface area contributed by atoms with Crippen molar-refractivity contribution in [3.05, 3.63) is 35.1 Å². The lowest BCUT2D eigenvalue weighted by Gasteiger charge is -2.34. The van der Waals surface area contributed by atoms with Crippen molar-refractivity contribution in [2.45, 2.75) is 32.2 Å². The Bertz CT molecular complexity index is 473. The van der Waals surface area contributed by atoms with E-state index >= 15 is 0 Å². The highest BCUT2D eigenvalue weighted by atomic mass is 19.1. The van der Waals surface area contributed by atoms with Crippen LogP contribution in [0.4, 0.5) is 4.39 Å². The summed E-state index contributed by atoms with van der Waals surface area (Å²) in [6.07, 6.45) is 3.26. The molecular weight excluding hydrogens is 271 g/mol. The summed E-state index contributed by atoms with van der Waals surface area (Å²) in [6, 6.07) is 4.81. The fraction of sp³-hybridized carbons (Fsp3) is 0.562. The Labute approximate surface area is 125 Å².